The lowest BCUT2D eigenvalue weighted by molar-refractivity contribution is -0.143. The molecule has 6 heteroatoms. The van der Waals surface area contributed by atoms with Gasteiger partial charge in [0.25, 0.3) is 0 Å². The second-order valence-electron chi connectivity index (χ2n) is 6.54. The zero-order valence-electron chi connectivity index (χ0n) is 16.0. The van der Waals surface area contributed by atoms with Gasteiger partial charge >= 0.3 is 5.97 Å². The normalized spacial score (nSPS) is 11.1. The molecule has 0 saturated heterocycles. The minimum Gasteiger partial charge on any atom is -0.466 e. The lowest BCUT2D eigenvalue weighted by Crippen LogP contribution is -2.10. The van der Waals surface area contributed by atoms with Crippen LogP contribution in [-0.2, 0) is 23.1 Å². The number of benzene rings is 2. The van der Waals surface area contributed by atoms with Crippen molar-refractivity contribution in [3.05, 3.63) is 60.9 Å². The van der Waals surface area contributed by atoms with E-state index in [2.05, 4.69) is 9.55 Å². The van der Waals surface area contributed by atoms with E-state index < -0.39 is 0 Å². The summed E-state index contributed by atoms with van der Waals surface area (Å²) in [4.78, 5) is 21.4. The number of aromatic nitrogens is 4. The van der Waals surface area contributed by atoms with E-state index in [0.717, 1.165) is 33.8 Å². The lowest BCUT2D eigenvalue weighted by Gasteiger charge is -2.10. The molecule has 142 valence electrons. The number of para-hydroxylation sites is 2. The van der Waals surface area contributed by atoms with Gasteiger partial charge in [0, 0.05) is 19.2 Å². The molecule has 4 aromatic rings. The first-order valence-corrected chi connectivity index (χ1v) is 9.37. The number of imidazole rings is 2. The third kappa shape index (κ3) is 3.29. The van der Waals surface area contributed by atoms with E-state index in [1.165, 1.54) is 0 Å². The minimum atomic E-state index is -0.214. The summed E-state index contributed by atoms with van der Waals surface area (Å²) in [6, 6.07) is 18.1. The number of carbonyl (C=O) groups excluding carboxylic acids is 1. The molecule has 2 aromatic carbocycles. The molecule has 2 heterocycles. The van der Waals surface area contributed by atoms with Crippen LogP contribution >= 0.6 is 0 Å². The van der Waals surface area contributed by atoms with E-state index in [0.29, 0.717) is 13.2 Å². The van der Waals surface area contributed by atoms with Gasteiger partial charge in [0.2, 0.25) is 0 Å². The Kier molecular flexibility index (Phi) is 4.93. The zero-order chi connectivity index (χ0) is 19.5. The first-order chi connectivity index (χ1) is 13.7. The van der Waals surface area contributed by atoms with Crippen LogP contribution in [0.25, 0.3) is 33.8 Å². The Morgan fingerprint density at radius 2 is 1.82 bits per heavy atom. The van der Waals surface area contributed by atoms with Crippen molar-refractivity contribution in [2.45, 2.75) is 19.9 Å². The molecule has 0 aliphatic rings. The lowest BCUT2D eigenvalue weighted by atomic mass is 10.1. The number of aryl methyl sites for hydroxylation is 2. The minimum absolute atomic E-state index is 0.214. The van der Waals surface area contributed by atoms with Crippen molar-refractivity contribution < 1.29 is 9.53 Å². The maximum atomic E-state index is 11.9. The van der Waals surface area contributed by atoms with Crippen molar-refractivity contribution in [3.63, 3.8) is 0 Å². The highest BCUT2D eigenvalue weighted by atomic mass is 16.5. The summed E-state index contributed by atoms with van der Waals surface area (Å²) in [7, 11) is 2.00. The molecule has 6 nitrogen and oxygen atoms in total. The highest BCUT2D eigenvalue weighted by Crippen LogP contribution is 2.32. The van der Waals surface area contributed by atoms with Crippen molar-refractivity contribution >= 4 is 17.0 Å². The molecule has 0 bridgehead atoms. The Hall–Kier alpha value is -3.41. The number of nitrogens with zero attached hydrogens (tertiary/aromatic N) is 4. The maximum absolute atomic E-state index is 11.9. The van der Waals surface area contributed by atoms with E-state index in [9.17, 15) is 4.79 Å². The predicted octanol–water partition coefficient (Wildman–Crippen LogP) is 4.06. The van der Waals surface area contributed by atoms with Gasteiger partial charge in [-0.2, -0.15) is 0 Å². The van der Waals surface area contributed by atoms with E-state index in [1.807, 2.05) is 73.1 Å². The van der Waals surface area contributed by atoms with Gasteiger partial charge < -0.3 is 13.9 Å². The smallest absolute Gasteiger partial charge is 0.307 e. The van der Waals surface area contributed by atoms with Crippen LogP contribution in [0.15, 0.2) is 60.9 Å². The average molecular weight is 374 g/mol. The molecule has 0 fully saturated rings. The van der Waals surface area contributed by atoms with Crippen LogP contribution in [0, 0.1) is 0 Å². The number of carbonyl (C=O) groups is 1. The Labute approximate surface area is 163 Å². The van der Waals surface area contributed by atoms with Gasteiger partial charge in [-0.25, -0.2) is 9.97 Å². The Morgan fingerprint density at radius 3 is 2.57 bits per heavy atom. The van der Waals surface area contributed by atoms with Gasteiger partial charge in [-0.15, -0.1) is 0 Å². The Balaban J connectivity index is 1.83. The predicted molar refractivity (Wildman–Crippen MR) is 109 cm³/mol. The van der Waals surface area contributed by atoms with Crippen LogP contribution < -0.4 is 0 Å². The van der Waals surface area contributed by atoms with Crippen LogP contribution in [0.1, 0.15) is 13.3 Å². The van der Waals surface area contributed by atoms with E-state index in [1.54, 1.807) is 6.33 Å². The average Bonchev–Trinajstić information content (AvgIpc) is 3.28. The standard InChI is InChI=1S/C22H22N4O2/c1-3-28-19(27)13-14-26-15-23-20(16-9-5-4-6-10-16)21(26)22-24-17-11-7-8-12-18(17)25(22)2/h4-12,15H,3,13-14H2,1-2H3. The second-order valence-corrected chi connectivity index (χ2v) is 6.54. The van der Waals surface area contributed by atoms with Crippen molar-refractivity contribution in [2.24, 2.45) is 7.05 Å². The van der Waals surface area contributed by atoms with Crippen molar-refractivity contribution in [3.8, 4) is 22.8 Å². The molecule has 0 aliphatic carbocycles. The van der Waals surface area contributed by atoms with Crippen molar-refractivity contribution in [1.29, 1.82) is 0 Å². The first kappa shape index (κ1) is 18.0. The summed E-state index contributed by atoms with van der Waals surface area (Å²) >= 11 is 0. The maximum Gasteiger partial charge on any atom is 0.307 e. The molecule has 28 heavy (non-hydrogen) atoms. The molecular weight excluding hydrogens is 352 g/mol. The number of esters is 1. The summed E-state index contributed by atoms with van der Waals surface area (Å²) in [5.41, 5.74) is 4.74. The summed E-state index contributed by atoms with van der Waals surface area (Å²) in [5, 5.41) is 0. The fraction of sp³-hybridized carbons (Fsp3) is 0.227. The molecule has 0 N–H and O–H groups in total. The van der Waals surface area contributed by atoms with Gasteiger partial charge in [-0.3, -0.25) is 4.79 Å². The largest absolute Gasteiger partial charge is 0.466 e. The summed E-state index contributed by atoms with van der Waals surface area (Å²) in [5.74, 6) is 0.606. The Bertz CT molecular complexity index is 1110. The van der Waals surface area contributed by atoms with Crippen LogP contribution in [-0.4, -0.2) is 31.7 Å². The number of rotatable bonds is 6. The third-order valence-corrected chi connectivity index (χ3v) is 4.75. The van der Waals surface area contributed by atoms with Gasteiger partial charge in [0.15, 0.2) is 5.82 Å². The van der Waals surface area contributed by atoms with Crippen LogP contribution in [0.3, 0.4) is 0 Å². The number of fused-ring (bicyclic) bond motifs is 1. The molecule has 0 spiro atoms. The van der Waals surface area contributed by atoms with Crippen LogP contribution in [0.5, 0.6) is 0 Å². The van der Waals surface area contributed by atoms with Crippen molar-refractivity contribution in [1.82, 2.24) is 19.1 Å². The molecular formula is C22H22N4O2. The van der Waals surface area contributed by atoms with Crippen LogP contribution in [0.4, 0.5) is 0 Å². The molecule has 0 unspecified atom stereocenters. The fourth-order valence-corrected chi connectivity index (χ4v) is 3.40. The second kappa shape index (κ2) is 7.68. The van der Waals surface area contributed by atoms with Gasteiger partial charge in [0.05, 0.1) is 36.1 Å². The van der Waals surface area contributed by atoms with Gasteiger partial charge in [-0.1, -0.05) is 42.5 Å². The Morgan fingerprint density at radius 1 is 1.07 bits per heavy atom. The highest BCUT2D eigenvalue weighted by Gasteiger charge is 2.20. The molecule has 0 radical (unpaired) electrons. The molecule has 2 aromatic heterocycles. The molecule has 0 atom stereocenters. The van der Waals surface area contributed by atoms with Gasteiger partial charge in [0.1, 0.15) is 5.69 Å². The van der Waals surface area contributed by atoms with Crippen LogP contribution in [0.2, 0.25) is 0 Å². The number of hydrogen-bond donors (Lipinski definition) is 0. The quantitative estimate of drug-likeness (QED) is 0.478. The van der Waals surface area contributed by atoms with E-state index >= 15 is 0 Å². The summed E-state index contributed by atoms with van der Waals surface area (Å²) in [6.45, 7) is 2.68. The van der Waals surface area contributed by atoms with E-state index in [-0.39, 0.29) is 12.4 Å². The highest BCUT2D eigenvalue weighted by molar-refractivity contribution is 5.84. The molecule has 0 aliphatic heterocycles. The monoisotopic (exact) mass is 374 g/mol. The van der Waals surface area contributed by atoms with Gasteiger partial charge in [-0.05, 0) is 19.1 Å². The zero-order valence-corrected chi connectivity index (χ0v) is 16.0. The van der Waals surface area contributed by atoms with Crippen molar-refractivity contribution in [2.75, 3.05) is 6.61 Å². The number of hydrogen-bond acceptors (Lipinski definition) is 4. The molecule has 0 saturated carbocycles. The van der Waals surface area contributed by atoms with E-state index in [4.69, 9.17) is 9.72 Å². The number of ether oxygens (including phenoxy) is 1. The molecule has 4 rings (SSSR count). The fourth-order valence-electron chi connectivity index (χ4n) is 3.40. The molecule has 0 amide bonds. The summed E-state index contributed by atoms with van der Waals surface area (Å²) in [6.07, 6.45) is 2.06. The SMILES string of the molecule is CCOC(=O)CCn1cnc(-c2ccccc2)c1-c1nc2ccccc2n1C. The summed E-state index contributed by atoms with van der Waals surface area (Å²) < 4.78 is 9.13. The topological polar surface area (TPSA) is 61.9 Å². The third-order valence-electron chi connectivity index (χ3n) is 4.75. The first-order valence-electron chi connectivity index (χ1n) is 9.37.